The van der Waals surface area contributed by atoms with Crippen LogP contribution in [-0.2, 0) is 6.18 Å². The molecule has 6 heteroatoms. The molecule has 0 spiro atoms. The molecule has 0 amide bonds. The van der Waals surface area contributed by atoms with Gasteiger partial charge in [-0.15, -0.1) is 0 Å². The number of alkyl halides is 3. The fourth-order valence-corrected chi connectivity index (χ4v) is 2.36. The summed E-state index contributed by atoms with van der Waals surface area (Å²) in [6, 6.07) is 5.98. The Labute approximate surface area is 120 Å². The molecule has 0 fully saturated rings. The van der Waals surface area contributed by atoms with Crippen LogP contribution < -0.4 is 4.90 Å². The summed E-state index contributed by atoms with van der Waals surface area (Å²) in [6.07, 6.45) is -4.49. The lowest BCUT2D eigenvalue weighted by Crippen LogP contribution is -2.21. The third-order valence-electron chi connectivity index (χ3n) is 3.16. The summed E-state index contributed by atoms with van der Waals surface area (Å²) < 4.78 is 38.0. The molecule has 0 unspecified atom stereocenters. The first kappa shape index (κ1) is 14.9. The van der Waals surface area contributed by atoms with E-state index in [-0.39, 0.29) is 10.5 Å². The summed E-state index contributed by atoms with van der Waals surface area (Å²) >= 11 is 5.97. The number of rotatable bonds is 3. The van der Waals surface area contributed by atoms with Gasteiger partial charge in [0.05, 0.1) is 10.5 Å². The van der Waals surface area contributed by atoms with Crippen LogP contribution in [0.2, 0.25) is 5.02 Å². The number of fused-ring (bicyclic) bond motifs is 1. The molecule has 0 radical (unpaired) electrons. The second kappa shape index (κ2) is 5.48. The first-order chi connectivity index (χ1) is 9.36. The zero-order valence-corrected chi connectivity index (χ0v) is 11.9. The molecule has 0 bridgehead atoms. The van der Waals surface area contributed by atoms with Crippen molar-refractivity contribution < 1.29 is 13.2 Å². The summed E-state index contributed by atoms with van der Waals surface area (Å²) in [5.41, 5.74) is 0.206. The largest absolute Gasteiger partial charge is 0.433 e. The highest BCUT2D eigenvalue weighted by Gasteiger charge is 2.33. The Morgan fingerprint density at radius 3 is 2.35 bits per heavy atom. The molecule has 2 aromatic rings. The van der Waals surface area contributed by atoms with Gasteiger partial charge in [0.15, 0.2) is 0 Å². The maximum atomic E-state index is 12.7. The van der Waals surface area contributed by atoms with E-state index in [1.807, 2.05) is 13.8 Å². The highest BCUT2D eigenvalue weighted by molar-refractivity contribution is 6.35. The molecule has 0 saturated carbocycles. The monoisotopic (exact) mass is 302 g/mol. The van der Waals surface area contributed by atoms with Crippen molar-refractivity contribution in [2.45, 2.75) is 20.0 Å². The van der Waals surface area contributed by atoms with Gasteiger partial charge in [0, 0.05) is 24.2 Å². The second-order valence-electron chi connectivity index (χ2n) is 4.36. The van der Waals surface area contributed by atoms with Crippen molar-refractivity contribution in [2.24, 2.45) is 0 Å². The SMILES string of the molecule is CCN(CC)c1ccc2nc(C(F)(F)F)cc(Cl)c2c1. The predicted molar refractivity (Wildman–Crippen MR) is 75.3 cm³/mol. The molecular formula is C14H14ClF3N2. The number of benzene rings is 1. The van der Waals surface area contributed by atoms with Crippen molar-refractivity contribution >= 4 is 28.2 Å². The Morgan fingerprint density at radius 2 is 1.80 bits per heavy atom. The van der Waals surface area contributed by atoms with Crippen LogP contribution >= 0.6 is 11.6 Å². The lowest BCUT2D eigenvalue weighted by Gasteiger charge is -2.21. The molecule has 0 N–H and O–H groups in total. The highest BCUT2D eigenvalue weighted by atomic mass is 35.5. The maximum Gasteiger partial charge on any atom is 0.433 e. The van der Waals surface area contributed by atoms with E-state index in [1.165, 1.54) is 0 Å². The van der Waals surface area contributed by atoms with Crippen LogP contribution in [0.4, 0.5) is 18.9 Å². The third kappa shape index (κ3) is 2.82. The average Bonchev–Trinajstić information content (AvgIpc) is 2.39. The Balaban J connectivity index is 2.57. The number of halogens is 4. The van der Waals surface area contributed by atoms with Gasteiger partial charge in [0.25, 0.3) is 0 Å². The van der Waals surface area contributed by atoms with E-state index in [0.717, 1.165) is 24.8 Å². The summed E-state index contributed by atoms with van der Waals surface area (Å²) in [5.74, 6) is 0. The minimum absolute atomic E-state index is 0.0660. The Hall–Kier alpha value is -1.49. The van der Waals surface area contributed by atoms with Crippen LogP contribution in [0.25, 0.3) is 10.9 Å². The first-order valence-corrected chi connectivity index (χ1v) is 6.67. The highest BCUT2D eigenvalue weighted by Crippen LogP contribution is 2.34. The van der Waals surface area contributed by atoms with Crippen molar-refractivity contribution in [3.05, 3.63) is 35.0 Å². The van der Waals surface area contributed by atoms with Gasteiger partial charge in [-0.25, -0.2) is 4.98 Å². The molecule has 0 saturated heterocycles. The number of aromatic nitrogens is 1. The van der Waals surface area contributed by atoms with E-state index in [9.17, 15) is 13.2 Å². The maximum absolute atomic E-state index is 12.7. The standard InChI is InChI=1S/C14H14ClF3N2/c1-3-20(4-2)9-5-6-12-10(7-9)11(15)8-13(19-12)14(16,17)18/h5-8H,3-4H2,1-2H3. The molecule has 20 heavy (non-hydrogen) atoms. The van der Waals surface area contributed by atoms with E-state index >= 15 is 0 Å². The lowest BCUT2D eigenvalue weighted by molar-refractivity contribution is -0.140. The van der Waals surface area contributed by atoms with E-state index < -0.39 is 11.9 Å². The van der Waals surface area contributed by atoms with Crippen molar-refractivity contribution in [1.29, 1.82) is 0 Å². The van der Waals surface area contributed by atoms with E-state index in [4.69, 9.17) is 11.6 Å². The molecule has 1 aromatic carbocycles. The average molecular weight is 303 g/mol. The normalized spacial score (nSPS) is 11.9. The summed E-state index contributed by atoms with van der Waals surface area (Å²) in [4.78, 5) is 5.72. The van der Waals surface area contributed by atoms with Crippen LogP contribution in [-0.4, -0.2) is 18.1 Å². The number of hydrogen-bond acceptors (Lipinski definition) is 2. The van der Waals surface area contributed by atoms with Crippen molar-refractivity contribution in [2.75, 3.05) is 18.0 Å². The topological polar surface area (TPSA) is 16.1 Å². The number of anilines is 1. The van der Waals surface area contributed by atoms with Crippen LogP contribution in [0.15, 0.2) is 24.3 Å². The zero-order valence-electron chi connectivity index (χ0n) is 11.1. The van der Waals surface area contributed by atoms with Gasteiger partial charge in [-0.05, 0) is 38.1 Å². The third-order valence-corrected chi connectivity index (χ3v) is 3.47. The molecule has 1 heterocycles. The molecule has 0 aliphatic carbocycles. The quantitative estimate of drug-likeness (QED) is 0.813. The Kier molecular flexibility index (Phi) is 4.09. The van der Waals surface area contributed by atoms with Gasteiger partial charge < -0.3 is 4.90 Å². The van der Waals surface area contributed by atoms with Crippen LogP contribution in [0.3, 0.4) is 0 Å². The fraction of sp³-hybridized carbons (Fsp3) is 0.357. The van der Waals surface area contributed by atoms with E-state index in [0.29, 0.717) is 5.39 Å². The van der Waals surface area contributed by atoms with Gasteiger partial charge in [-0.3, -0.25) is 0 Å². The van der Waals surface area contributed by atoms with Crippen LogP contribution in [0.1, 0.15) is 19.5 Å². The fourth-order valence-electron chi connectivity index (χ4n) is 2.10. The van der Waals surface area contributed by atoms with Crippen molar-refractivity contribution in [3.8, 4) is 0 Å². The summed E-state index contributed by atoms with van der Waals surface area (Å²) in [6.45, 7) is 5.65. The molecule has 1 aromatic heterocycles. The molecule has 2 rings (SSSR count). The van der Waals surface area contributed by atoms with Gasteiger partial charge in [0.2, 0.25) is 0 Å². The smallest absolute Gasteiger partial charge is 0.372 e. The molecule has 0 aliphatic rings. The molecule has 0 atom stereocenters. The van der Waals surface area contributed by atoms with E-state index in [1.54, 1.807) is 18.2 Å². The van der Waals surface area contributed by atoms with E-state index in [2.05, 4.69) is 9.88 Å². The summed E-state index contributed by atoms with van der Waals surface area (Å²) in [5, 5.41) is 0.598. The van der Waals surface area contributed by atoms with Crippen molar-refractivity contribution in [1.82, 2.24) is 4.98 Å². The second-order valence-corrected chi connectivity index (χ2v) is 4.77. The van der Waals surface area contributed by atoms with Gasteiger partial charge in [0.1, 0.15) is 5.69 Å². The molecular weight excluding hydrogens is 289 g/mol. The Bertz CT molecular complexity index is 622. The molecule has 2 nitrogen and oxygen atoms in total. The van der Waals surface area contributed by atoms with Crippen LogP contribution in [0.5, 0.6) is 0 Å². The summed E-state index contributed by atoms with van der Waals surface area (Å²) in [7, 11) is 0. The first-order valence-electron chi connectivity index (χ1n) is 6.29. The number of pyridine rings is 1. The van der Waals surface area contributed by atoms with Gasteiger partial charge in [-0.2, -0.15) is 13.2 Å². The minimum Gasteiger partial charge on any atom is -0.372 e. The lowest BCUT2D eigenvalue weighted by atomic mass is 10.1. The molecule has 0 aliphatic heterocycles. The van der Waals surface area contributed by atoms with Gasteiger partial charge >= 0.3 is 6.18 Å². The predicted octanol–water partition coefficient (Wildman–Crippen LogP) is 4.75. The zero-order chi connectivity index (χ0) is 14.9. The minimum atomic E-state index is -4.49. The van der Waals surface area contributed by atoms with Gasteiger partial charge in [-0.1, -0.05) is 11.6 Å². The Morgan fingerprint density at radius 1 is 1.15 bits per heavy atom. The number of nitrogens with zero attached hydrogens (tertiary/aromatic N) is 2. The van der Waals surface area contributed by atoms with Crippen LogP contribution in [0, 0.1) is 0 Å². The molecule has 108 valence electrons. The van der Waals surface area contributed by atoms with Crippen molar-refractivity contribution in [3.63, 3.8) is 0 Å². The number of hydrogen-bond donors (Lipinski definition) is 0.